The first-order valence-corrected chi connectivity index (χ1v) is 6.40. The molecule has 3 nitrogen and oxygen atoms in total. The number of alkyl halides is 3. The molecule has 0 fully saturated rings. The fourth-order valence-electron chi connectivity index (χ4n) is 1.71. The van der Waals surface area contributed by atoms with Gasteiger partial charge in [0.15, 0.2) is 0 Å². The van der Waals surface area contributed by atoms with Crippen molar-refractivity contribution in [1.29, 1.82) is 0 Å². The second-order valence-electron chi connectivity index (χ2n) is 4.82. The number of likely N-dealkylation sites (N-methyl/N-ethyl adjacent to an activating group) is 2. The first-order valence-electron chi connectivity index (χ1n) is 6.00. The van der Waals surface area contributed by atoms with Gasteiger partial charge >= 0.3 is 6.18 Å². The third kappa shape index (κ3) is 4.35. The normalized spacial score (nSPS) is 11.8. The Morgan fingerprint density at radius 2 is 1.80 bits per heavy atom. The molecule has 0 radical (unpaired) electrons. The van der Waals surface area contributed by atoms with E-state index in [0.717, 1.165) is 18.7 Å². The van der Waals surface area contributed by atoms with E-state index in [4.69, 9.17) is 18.0 Å². The molecular weight excluding hydrogens is 287 g/mol. The molecule has 0 unspecified atom stereocenters. The summed E-state index contributed by atoms with van der Waals surface area (Å²) in [6.07, 6.45) is -4.40. The highest BCUT2D eigenvalue weighted by Crippen LogP contribution is 2.32. The van der Waals surface area contributed by atoms with Crippen LogP contribution in [0.15, 0.2) is 18.2 Å². The molecule has 0 bridgehead atoms. The van der Waals surface area contributed by atoms with Crippen molar-refractivity contribution in [3.63, 3.8) is 0 Å². The second kappa shape index (κ2) is 6.41. The van der Waals surface area contributed by atoms with E-state index in [0.29, 0.717) is 12.2 Å². The fourth-order valence-corrected chi connectivity index (χ4v) is 1.88. The lowest BCUT2D eigenvalue weighted by Crippen LogP contribution is -2.30. The molecule has 1 aromatic carbocycles. The third-order valence-electron chi connectivity index (χ3n) is 2.88. The van der Waals surface area contributed by atoms with Crippen molar-refractivity contribution in [2.45, 2.75) is 6.18 Å². The minimum atomic E-state index is -4.40. The number of hydrogen-bond acceptors (Lipinski definition) is 3. The molecule has 0 aliphatic rings. The Morgan fingerprint density at radius 3 is 2.25 bits per heavy atom. The molecule has 112 valence electrons. The second-order valence-corrected chi connectivity index (χ2v) is 5.26. The van der Waals surface area contributed by atoms with Gasteiger partial charge in [-0.15, -0.1) is 0 Å². The van der Waals surface area contributed by atoms with Gasteiger partial charge in [-0.2, -0.15) is 13.2 Å². The summed E-state index contributed by atoms with van der Waals surface area (Å²) in [6, 6.07) is 3.46. The van der Waals surface area contributed by atoms with Crippen molar-refractivity contribution in [2.75, 3.05) is 39.1 Å². The predicted octanol–water partition coefficient (Wildman–Crippen LogP) is 2.34. The number of rotatable bonds is 5. The van der Waals surface area contributed by atoms with E-state index in [1.54, 1.807) is 7.05 Å². The van der Waals surface area contributed by atoms with E-state index >= 15 is 0 Å². The molecule has 0 aromatic heterocycles. The highest BCUT2D eigenvalue weighted by molar-refractivity contribution is 7.80. The largest absolute Gasteiger partial charge is 0.416 e. The van der Waals surface area contributed by atoms with Crippen LogP contribution in [-0.4, -0.2) is 44.1 Å². The Balaban J connectivity index is 3.10. The van der Waals surface area contributed by atoms with E-state index in [2.05, 4.69) is 0 Å². The van der Waals surface area contributed by atoms with Crippen molar-refractivity contribution in [2.24, 2.45) is 5.73 Å². The average molecular weight is 305 g/mol. The number of benzene rings is 1. The van der Waals surface area contributed by atoms with Crippen LogP contribution in [-0.2, 0) is 6.18 Å². The minimum Gasteiger partial charge on any atom is -0.389 e. The van der Waals surface area contributed by atoms with Crippen LogP contribution in [0.4, 0.5) is 18.9 Å². The number of halogens is 3. The maximum Gasteiger partial charge on any atom is 0.416 e. The first-order chi connectivity index (χ1) is 9.12. The van der Waals surface area contributed by atoms with Crippen LogP contribution in [0.25, 0.3) is 0 Å². The standard InChI is InChI=1S/C13H18F3N3S/c1-18(2)6-7-19(3)11-5-4-9(13(14,15)16)8-10(11)12(17)20/h4-5,8H,6-7H2,1-3H3,(H2,17,20). The fraction of sp³-hybridized carbons (Fsp3) is 0.462. The van der Waals surface area contributed by atoms with E-state index in [-0.39, 0.29) is 10.6 Å². The van der Waals surface area contributed by atoms with Crippen LogP contribution in [0.5, 0.6) is 0 Å². The zero-order chi connectivity index (χ0) is 15.5. The summed E-state index contributed by atoms with van der Waals surface area (Å²) < 4.78 is 38.1. The summed E-state index contributed by atoms with van der Waals surface area (Å²) in [5.74, 6) is 0. The molecule has 20 heavy (non-hydrogen) atoms. The van der Waals surface area contributed by atoms with Crippen molar-refractivity contribution in [3.8, 4) is 0 Å². The minimum absolute atomic E-state index is 0.0391. The summed E-state index contributed by atoms with van der Waals surface area (Å²) in [6.45, 7) is 1.43. The molecule has 0 heterocycles. The van der Waals surface area contributed by atoms with Gasteiger partial charge in [-0.3, -0.25) is 0 Å². The Labute approximate surface area is 122 Å². The van der Waals surface area contributed by atoms with Gasteiger partial charge < -0.3 is 15.5 Å². The third-order valence-corrected chi connectivity index (χ3v) is 3.10. The summed E-state index contributed by atoms with van der Waals surface area (Å²) in [5.41, 5.74) is 5.65. The van der Waals surface area contributed by atoms with Gasteiger partial charge in [0.1, 0.15) is 4.99 Å². The van der Waals surface area contributed by atoms with Crippen LogP contribution in [0.3, 0.4) is 0 Å². The van der Waals surface area contributed by atoms with Crippen molar-refractivity contribution in [1.82, 2.24) is 4.90 Å². The van der Waals surface area contributed by atoms with Crippen LogP contribution < -0.4 is 10.6 Å². The number of nitrogens with two attached hydrogens (primary N) is 1. The van der Waals surface area contributed by atoms with Crippen LogP contribution in [0, 0.1) is 0 Å². The van der Waals surface area contributed by atoms with Gasteiger partial charge in [0.2, 0.25) is 0 Å². The van der Waals surface area contributed by atoms with Gasteiger partial charge in [-0.1, -0.05) is 12.2 Å². The lowest BCUT2D eigenvalue weighted by Gasteiger charge is -2.24. The molecule has 7 heteroatoms. The van der Waals surface area contributed by atoms with Gasteiger partial charge in [0.25, 0.3) is 0 Å². The Morgan fingerprint density at radius 1 is 1.20 bits per heavy atom. The Hall–Kier alpha value is -1.34. The van der Waals surface area contributed by atoms with Crippen LogP contribution >= 0.6 is 12.2 Å². The highest BCUT2D eigenvalue weighted by atomic mass is 32.1. The van der Waals surface area contributed by atoms with E-state index in [1.165, 1.54) is 6.07 Å². The zero-order valence-corrected chi connectivity index (χ0v) is 12.5. The molecular formula is C13H18F3N3S. The number of thiocarbonyl (C=S) groups is 1. The average Bonchev–Trinajstić information content (AvgIpc) is 2.33. The van der Waals surface area contributed by atoms with Gasteiger partial charge in [0, 0.05) is 31.4 Å². The summed E-state index contributed by atoms with van der Waals surface area (Å²) in [5, 5.41) is 0. The van der Waals surface area contributed by atoms with Crippen molar-refractivity contribution in [3.05, 3.63) is 29.3 Å². The SMILES string of the molecule is CN(C)CCN(C)c1ccc(C(F)(F)F)cc1C(N)=S. The number of nitrogens with zero attached hydrogens (tertiary/aromatic N) is 2. The lowest BCUT2D eigenvalue weighted by atomic mass is 10.1. The Bertz CT molecular complexity index is 486. The van der Waals surface area contributed by atoms with Gasteiger partial charge in [-0.05, 0) is 32.3 Å². The maximum absolute atomic E-state index is 12.7. The molecule has 1 rings (SSSR count). The maximum atomic E-state index is 12.7. The van der Waals surface area contributed by atoms with E-state index < -0.39 is 11.7 Å². The molecule has 0 aliphatic heterocycles. The highest BCUT2D eigenvalue weighted by Gasteiger charge is 2.31. The molecule has 2 N–H and O–H groups in total. The zero-order valence-electron chi connectivity index (χ0n) is 11.7. The topological polar surface area (TPSA) is 32.5 Å². The predicted molar refractivity (Wildman–Crippen MR) is 79.2 cm³/mol. The summed E-state index contributed by atoms with van der Waals surface area (Å²) >= 11 is 4.86. The summed E-state index contributed by atoms with van der Waals surface area (Å²) in [4.78, 5) is 3.79. The van der Waals surface area contributed by atoms with E-state index in [1.807, 2.05) is 23.9 Å². The van der Waals surface area contributed by atoms with Crippen molar-refractivity contribution >= 4 is 22.9 Å². The van der Waals surface area contributed by atoms with Crippen LogP contribution in [0.1, 0.15) is 11.1 Å². The number of anilines is 1. The Kier molecular flexibility index (Phi) is 5.35. The molecule has 1 aromatic rings. The summed E-state index contributed by atoms with van der Waals surface area (Å²) in [7, 11) is 5.65. The quantitative estimate of drug-likeness (QED) is 0.846. The van der Waals surface area contributed by atoms with Gasteiger partial charge in [0.05, 0.1) is 5.56 Å². The van der Waals surface area contributed by atoms with Crippen LogP contribution in [0.2, 0.25) is 0 Å². The van der Waals surface area contributed by atoms with Gasteiger partial charge in [-0.25, -0.2) is 0 Å². The molecule has 0 atom stereocenters. The molecule has 0 saturated carbocycles. The first kappa shape index (κ1) is 16.7. The molecule has 0 aliphatic carbocycles. The number of hydrogen-bond donors (Lipinski definition) is 1. The molecule has 0 spiro atoms. The molecule has 0 saturated heterocycles. The monoisotopic (exact) mass is 305 g/mol. The van der Waals surface area contributed by atoms with E-state index in [9.17, 15) is 13.2 Å². The van der Waals surface area contributed by atoms with Crippen molar-refractivity contribution < 1.29 is 13.2 Å². The molecule has 0 amide bonds. The lowest BCUT2D eigenvalue weighted by molar-refractivity contribution is -0.137. The smallest absolute Gasteiger partial charge is 0.389 e.